The van der Waals surface area contributed by atoms with Crippen molar-refractivity contribution in [3.05, 3.63) is 35.6 Å². The molecule has 0 aromatic heterocycles. The maximum absolute atomic E-state index is 13.4. The van der Waals surface area contributed by atoms with Gasteiger partial charge in [0.15, 0.2) is 5.96 Å². The molecule has 0 atom stereocenters. The summed E-state index contributed by atoms with van der Waals surface area (Å²) in [7, 11) is 0. The summed E-state index contributed by atoms with van der Waals surface area (Å²) >= 11 is 0. The van der Waals surface area contributed by atoms with E-state index in [1.165, 1.54) is 6.07 Å². The molecule has 1 aromatic carbocycles. The molecule has 1 aromatic rings. The Morgan fingerprint density at radius 3 is 2.58 bits per heavy atom. The lowest BCUT2D eigenvalue weighted by molar-refractivity contribution is 0.0530. The van der Waals surface area contributed by atoms with E-state index in [9.17, 15) is 4.39 Å². The van der Waals surface area contributed by atoms with Crippen molar-refractivity contribution in [2.24, 2.45) is 16.5 Å². The molecule has 1 saturated heterocycles. The lowest BCUT2D eigenvalue weighted by Gasteiger charge is -2.36. The van der Waals surface area contributed by atoms with Gasteiger partial charge in [-0.3, -0.25) is 4.99 Å². The fourth-order valence-corrected chi connectivity index (χ4v) is 2.36. The maximum atomic E-state index is 13.4. The lowest BCUT2D eigenvalue weighted by atomic mass is 9.74. The standard InChI is InChI=1S/C13H18FN3O.HI/c14-11-3-1-2-10(8-11)13(9-17-12(15)16)4-6-18-7-5-13;/h1-3,8H,4-7,9H2,(H4,15,16,17);1H. The van der Waals surface area contributed by atoms with Crippen LogP contribution in [0.15, 0.2) is 29.3 Å². The highest BCUT2D eigenvalue weighted by atomic mass is 127. The minimum atomic E-state index is -0.233. The summed E-state index contributed by atoms with van der Waals surface area (Å²) in [6.45, 7) is 1.77. The van der Waals surface area contributed by atoms with Crippen LogP contribution in [0.4, 0.5) is 4.39 Å². The number of guanidine groups is 1. The second kappa shape index (κ2) is 7.04. The quantitative estimate of drug-likeness (QED) is 0.478. The smallest absolute Gasteiger partial charge is 0.185 e. The minimum absolute atomic E-state index is 0. The van der Waals surface area contributed by atoms with E-state index in [4.69, 9.17) is 16.2 Å². The molecule has 1 heterocycles. The maximum Gasteiger partial charge on any atom is 0.185 e. The van der Waals surface area contributed by atoms with Crippen molar-refractivity contribution in [1.82, 2.24) is 0 Å². The summed E-state index contributed by atoms with van der Waals surface area (Å²) in [5, 5.41) is 0. The average molecular weight is 379 g/mol. The molecule has 0 spiro atoms. The van der Waals surface area contributed by atoms with E-state index >= 15 is 0 Å². The molecule has 4 N–H and O–H groups in total. The van der Waals surface area contributed by atoms with Crippen LogP contribution in [-0.4, -0.2) is 25.7 Å². The number of ether oxygens (including phenoxy) is 1. The van der Waals surface area contributed by atoms with Gasteiger partial charge in [0, 0.05) is 18.6 Å². The third-order valence-electron chi connectivity index (χ3n) is 3.45. The Morgan fingerprint density at radius 1 is 1.32 bits per heavy atom. The summed E-state index contributed by atoms with van der Waals surface area (Å²) < 4.78 is 18.8. The summed E-state index contributed by atoms with van der Waals surface area (Å²) in [4.78, 5) is 4.12. The van der Waals surface area contributed by atoms with Crippen LogP contribution in [0, 0.1) is 5.82 Å². The highest BCUT2D eigenvalue weighted by Crippen LogP contribution is 2.35. The van der Waals surface area contributed by atoms with Gasteiger partial charge in [-0.1, -0.05) is 12.1 Å². The first-order valence-electron chi connectivity index (χ1n) is 6.02. The second-order valence-electron chi connectivity index (χ2n) is 4.64. The molecule has 2 rings (SSSR count). The summed E-state index contributed by atoms with van der Waals surface area (Å²) in [5.41, 5.74) is 11.5. The molecule has 6 heteroatoms. The van der Waals surface area contributed by atoms with Crippen LogP contribution in [0.2, 0.25) is 0 Å². The van der Waals surface area contributed by atoms with Gasteiger partial charge in [-0.05, 0) is 30.5 Å². The van der Waals surface area contributed by atoms with Crippen LogP contribution >= 0.6 is 24.0 Å². The van der Waals surface area contributed by atoms with E-state index in [2.05, 4.69) is 4.99 Å². The van der Waals surface area contributed by atoms with E-state index in [0.29, 0.717) is 19.8 Å². The Kier molecular flexibility index (Phi) is 5.99. The lowest BCUT2D eigenvalue weighted by Crippen LogP contribution is -2.38. The topological polar surface area (TPSA) is 73.6 Å². The Balaban J connectivity index is 0.00000180. The van der Waals surface area contributed by atoms with Gasteiger partial charge in [-0.2, -0.15) is 0 Å². The van der Waals surface area contributed by atoms with Crippen LogP contribution in [0.25, 0.3) is 0 Å². The van der Waals surface area contributed by atoms with Gasteiger partial charge >= 0.3 is 0 Å². The van der Waals surface area contributed by atoms with Crippen LogP contribution in [0.5, 0.6) is 0 Å². The molecule has 0 saturated carbocycles. The van der Waals surface area contributed by atoms with Gasteiger partial charge in [0.1, 0.15) is 5.82 Å². The van der Waals surface area contributed by atoms with Crippen molar-refractivity contribution in [3.63, 3.8) is 0 Å². The zero-order valence-electron chi connectivity index (χ0n) is 10.6. The highest BCUT2D eigenvalue weighted by molar-refractivity contribution is 14.0. The zero-order chi connectivity index (χ0) is 13.0. The van der Waals surface area contributed by atoms with Crippen molar-refractivity contribution in [2.75, 3.05) is 19.8 Å². The van der Waals surface area contributed by atoms with E-state index in [1.807, 2.05) is 6.07 Å². The van der Waals surface area contributed by atoms with Crippen LogP contribution < -0.4 is 11.5 Å². The van der Waals surface area contributed by atoms with Gasteiger partial charge in [0.05, 0.1) is 6.54 Å². The number of hydrogen-bond donors (Lipinski definition) is 2. The summed E-state index contributed by atoms with van der Waals surface area (Å²) in [6.07, 6.45) is 1.60. The molecule has 106 valence electrons. The van der Waals surface area contributed by atoms with Crippen LogP contribution in [0.3, 0.4) is 0 Å². The molecule has 1 aliphatic rings. The van der Waals surface area contributed by atoms with E-state index in [1.54, 1.807) is 12.1 Å². The third kappa shape index (κ3) is 4.04. The number of rotatable bonds is 3. The summed E-state index contributed by atoms with van der Waals surface area (Å²) in [5.74, 6) is -0.166. The number of nitrogens with zero attached hydrogens (tertiary/aromatic N) is 1. The van der Waals surface area contributed by atoms with Crippen molar-refractivity contribution in [1.29, 1.82) is 0 Å². The first-order chi connectivity index (χ1) is 8.62. The first kappa shape index (κ1) is 16.2. The van der Waals surface area contributed by atoms with Gasteiger partial charge in [-0.15, -0.1) is 24.0 Å². The average Bonchev–Trinajstić information content (AvgIpc) is 2.37. The molecule has 1 aliphatic heterocycles. The molecule has 1 fully saturated rings. The number of nitrogens with two attached hydrogens (primary N) is 2. The number of halogens is 2. The van der Waals surface area contributed by atoms with Gasteiger partial charge in [0.25, 0.3) is 0 Å². The molecular weight excluding hydrogens is 360 g/mol. The number of hydrogen-bond acceptors (Lipinski definition) is 2. The molecule has 19 heavy (non-hydrogen) atoms. The molecule has 0 radical (unpaired) electrons. The van der Waals surface area contributed by atoms with E-state index < -0.39 is 0 Å². The minimum Gasteiger partial charge on any atom is -0.381 e. The molecular formula is C13H19FIN3O. The van der Waals surface area contributed by atoms with Gasteiger partial charge in [-0.25, -0.2) is 4.39 Å². The van der Waals surface area contributed by atoms with Gasteiger partial charge in [0.2, 0.25) is 0 Å². The molecule has 0 aliphatic carbocycles. The van der Waals surface area contributed by atoms with Gasteiger partial charge < -0.3 is 16.2 Å². The van der Waals surface area contributed by atoms with E-state index in [0.717, 1.165) is 18.4 Å². The first-order valence-corrected chi connectivity index (χ1v) is 6.02. The predicted octanol–water partition coefficient (Wildman–Crippen LogP) is 1.77. The summed E-state index contributed by atoms with van der Waals surface area (Å²) in [6, 6.07) is 6.65. The Morgan fingerprint density at radius 2 is 2.00 bits per heavy atom. The SMILES string of the molecule is I.NC(N)=NCC1(c2cccc(F)c2)CCOCC1. The highest BCUT2D eigenvalue weighted by Gasteiger charge is 2.34. The van der Waals surface area contributed by atoms with Crippen molar-refractivity contribution in [3.8, 4) is 0 Å². The fourth-order valence-electron chi connectivity index (χ4n) is 2.36. The third-order valence-corrected chi connectivity index (χ3v) is 3.45. The Hall–Kier alpha value is -0.890. The number of aliphatic imine (C=N–C) groups is 1. The molecule has 0 amide bonds. The second-order valence-corrected chi connectivity index (χ2v) is 4.64. The molecule has 0 bridgehead atoms. The van der Waals surface area contributed by atoms with Crippen molar-refractivity contribution in [2.45, 2.75) is 18.3 Å². The molecule has 0 unspecified atom stereocenters. The molecule has 4 nitrogen and oxygen atoms in total. The van der Waals surface area contributed by atoms with E-state index in [-0.39, 0.29) is 41.2 Å². The van der Waals surface area contributed by atoms with Crippen LogP contribution in [0.1, 0.15) is 18.4 Å². The monoisotopic (exact) mass is 379 g/mol. The Bertz CT molecular complexity index is 443. The van der Waals surface area contributed by atoms with Crippen molar-refractivity contribution < 1.29 is 9.13 Å². The van der Waals surface area contributed by atoms with Crippen LogP contribution in [-0.2, 0) is 10.2 Å². The number of benzene rings is 1. The predicted molar refractivity (Wildman–Crippen MR) is 84.2 cm³/mol. The zero-order valence-corrected chi connectivity index (χ0v) is 13.0. The normalized spacial score (nSPS) is 17.3. The fraction of sp³-hybridized carbons (Fsp3) is 0.462. The largest absolute Gasteiger partial charge is 0.381 e. The van der Waals surface area contributed by atoms with Crippen molar-refractivity contribution >= 4 is 29.9 Å². The Labute approximate surface area is 129 Å².